The number of carbonyl (C=O) groups is 2. The first-order valence-corrected chi connectivity index (χ1v) is 6.87. The second-order valence-electron chi connectivity index (χ2n) is 4.43. The van der Waals surface area contributed by atoms with E-state index >= 15 is 0 Å². The van der Waals surface area contributed by atoms with E-state index in [2.05, 4.69) is 0 Å². The van der Waals surface area contributed by atoms with Crippen LogP contribution < -0.4 is 10.5 Å². The summed E-state index contributed by atoms with van der Waals surface area (Å²) in [6, 6.07) is 8.78. The topological polar surface area (TPSA) is 89.6 Å². The number of anilines is 1. The van der Waals surface area contributed by atoms with Crippen LogP contribution in [0, 0.1) is 0 Å². The lowest BCUT2D eigenvalue weighted by atomic mass is 10.0. The minimum atomic E-state index is -1.15. The fourth-order valence-electron chi connectivity index (χ4n) is 1.84. The van der Waals surface area contributed by atoms with E-state index in [0.717, 1.165) is 0 Å². The van der Waals surface area contributed by atoms with Gasteiger partial charge in [0.1, 0.15) is 5.75 Å². The Morgan fingerprint density at radius 3 is 2.45 bits per heavy atom. The summed E-state index contributed by atoms with van der Waals surface area (Å²) in [5, 5.41) is 9.32. The highest BCUT2D eigenvalue weighted by Gasteiger charge is 2.17. The molecule has 5 nitrogen and oxygen atoms in total. The van der Waals surface area contributed by atoms with Crippen LogP contribution in [0.1, 0.15) is 15.9 Å². The van der Waals surface area contributed by atoms with Gasteiger partial charge < -0.3 is 15.6 Å². The van der Waals surface area contributed by atoms with Gasteiger partial charge in [-0.05, 0) is 36.4 Å². The third-order valence-corrected chi connectivity index (χ3v) is 3.17. The summed E-state index contributed by atoms with van der Waals surface area (Å²) in [5.74, 6) is -1.45. The smallest absolute Gasteiger partial charge is 0.341 e. The maximum absolute atomic E-state index is 12.6. The molecule has 0 aliphatic rings. The van der Waals surface area contributed by atoms with Crippen LogP contribution in [0.5, 0.6) is 5.75 Å². The lowest BCUT2D eigenvalue weighted by Gasteiger charge is -2.10. The number of hydrogen-bond acceptors (Lipinski definition) is 4. The highest BCUT2D eigenvalue weighted by molar-refractivity contribution is 6.32. The van der Waals surface area contributed by atoms with Gasteiger partial charge in [-0.1, -0.05) is 23.2 Å². The molecule has 2 rings (SSSR count). The lowest BCUT2D eigenvalue weighted by molar-refractivity contribution is -0.139. The normalized spacial score (nSPS) is 10.3. The molecule has 0 radical (unpaired) electrons. The molecule has 114 valence electrons. The standard InChI is InChI=1S/C15H11Cl2NO4/c16-9-1-2-13(22-7-14(19)20)12(6-9)15(21)8-3-10(17)5-11(18)4-8/h1-6H,7,18H2,(H,19,20). The van der Waals surface area contributed by atoms with Crippen molar-refractivity contribution in [1.29, 1.82) is 0 Å². The van der Waals surface area contributed by atoms with E-state index < -0.39 is 18.4 Å². The number of ether oxygens (including phenoxy) is 1. The third-order valence-electron chi connectivity index (χ3n) is 2.72. The Kier molecular flexibility index (Phi) is 4.90. The predicted octanol–water partition coefficient (Wildman–Crippen LogP) is 3.27. The Morgan fingerprint density at radius 1 is 1.09 bits per heavy atom. The number of rotatable bonds is 5. The molecular weight excluding hydrogens is 329 g/mol. The van der Waals surface area contributed by atoms with Gasteiger partial charge in [-0.25, -0.2) is 4.79 Å². The first-order valence-electron chi connectivity index (χ1n) is 6.11. The zero-order valence-corrected chi connectivity index (χ0v) is 12.7. The average Bonchev–Trinajstić information content (AvgIpc) is 2.44. The van der Waals surface area contributed by atoms with Crippen LogP contribution in [0.25, 0.3) is 0 Å². The molecule has 0 saturated heterocycles. The zero-order chi connectivity index (χ0) is 16.3. The van der Waals surface area contributed by atoms with Gasteiger partial charge in [0.25, 0.3) is 0 Å². The van der Waals surface area contributed by atoms with Gasteiger partial charge in [0.05, 0.1) is 5.56 Å². The second kappa shape index (κ2) is 6.68. The van der Waals surface area contributed by atoms with Crippen molar-refractivity contribution in [2.45, 2.75) is 0 Å². The molecule has 0 heterocycles. The molecule has 2 aromatic rings. The van der Waals surface area contributed by atoms with Crippen molar-refractivity contribution in [2.75, 3.05) is 12.3 Å². The molecule has 7 heteroatoms. The molecule has 3 N–H and O–H groups in total. The number of hydrogen-bond donors (Lipinski definition) is 2. The SMILES string of the molecule is Nc1cc(Cl)cc(C(=O)c2cc(Cl)ccc2OCC(=O)O)c1. The molecule has 0 spiro atoms. The molecule has 22 heavy (non-hydrogen) atoms. The van der Waals surface area contributed by atoms with Crippen LogP contribution in [-0.2, 0) is 4.79 Å². The van der Waals surface area contributed by atoms with Gasteiger partial charge in [-0.3, -0.25) is 4.79 Å². The van der Waals surface area contributed by atoms with E-state index in [-0.39, 0.29) is 16.9 Å². The van der Waals surface area contributed by atoms with Crippen LogP contribution in [-0.4, -0.2) is 23.5 Å². The number of benzene rings is 2. The summed E-state index contributed by atoms with van der Waals surface area (Å²) in [7, 11) is 0. The molecule has 2 aromatic carbocycles. The fourth-order valence-corrected chi connectivity index (χ4v) is 2.26. The monoisotopic (exact) mass is 339 g/mol. The lowest BCUT2D eigenvalue weighted by Crippen LogP contribution is -2.12. The quantitative estimate of drug-likeness (QED) is 0.644. The van der Waals surface area contributed by atoms with Crippen LogP contribution in [0.4, 0.5) is 5.69 Å². The van der Waals surface area contributed by atoms with E-state index in [4.69, 9.17) is 38.8 Å². The molecule has 0 aliphatic heterocycles. The van der Waals surface area contributed by atoms with Crippen molar-refractivity contribution in [3.05, 3.63) is 57.6 Å². The first-order chi connectivity index (χ1) is 10.4. The number of carboxylic acids is 1. The van der Waals surface area contributed by atoms with Crippen molar-refractivity contribution >= 4 is 40.6 Å². The maximum atomic E-state index is 12.6. The Morgan fingerprint density at radius 2 is 1.82 bits per heavy atom. The van der Waals surface area contributed by atoms with Gasteiger partial charge in [0.2, 0.25) is 0 Å². The molecule has 0 saturated carbocycles. The van der Waals surface area contributed by atoms with E-state index in [1.165, 1.54) is 36.4 Å². The molecule has 0 atom stereocenters. The maximum Gasteiger partial charge on any atom is 0.341 e. The second-order valence-corrected chi connectivity index (χ2v) is 5.30. The Balaban J connectivity index is 2.43. The molecule has 0 fully saturated rings. The van der Waals surface area contributed by atoms with Gasteiger partial charge in [0.15, 0.2) is 12.4 Å². The fraction of sp³-hybridized carbons (Fsp3) is 0.0667. The molecule has 0 bridgehead atoms. The van der Waals surface area contributed by atoms with Crippen molar-refractivity contribution in [3.63, 3.8) is 0 Å². The Bertz CT molecular complexity index is 726. The summed E-state index contributed by atoms with van der Waals surface area (Å²) in [6.45, 7) is -0.570. The number of ketones is 1. The number of nitrogen functional groups attached to an aromatic ring is 1. The van der Waals surface area contributed by atoms with Crippen molar-refractivity contribution < 1.29 is 19.4 Å². The van der Waals surface area contributed by atoms with Gasteiger partial charge in [-0.15, -0.1) is 0 Å². The summed E-state index contributed by atoms with van der Waals surface area (Å²) in [4.78, 5) is 23.2. The molecule has 0 unspecified atom stereocenters. The van der Waals surface area contributed by atoms with Crippen molar-refractivity contribution in [1.82, 2.24) is 0 Å². The number of halogens is 2. The summed E-state index contributed by atoms with van der Waals surface area (Å²) >= 11 is 11.8. The van der Waals surface area contributed by atoms with Crippen LogP contribution in [0.2, 0.25) is 10.0 Å². The third kappa shape index (κ3) is 3.90. The summed E-state index contributed by atoms with van der Waals surface area (Å²) < 4.78 is 5.11. The number of nitrogens with two attached hydrogens (primary N) is 1. The van der Waals surface area contributed by atoms with Crippen molar-refractivity contribution in [2.24, 2.45) is 0 Å². The van der Waals surface area contributed by atoms with Gasteiger partial charge in [0, 0.05) is 21.3 Å². The van der Waals surface area contributed by atoms with E-state index in [1.54, 1.807) is 0 Å². The molecule has 0 amide bonds. The summed E-state index contributed by atoms with van der Waals surface area (Å²) in [5.41, 5.74) is 6.40. The van der Waals surface area contributed by atoms with Crippen molar-refractivity contribution in [3.8, 4) is 5.75 Å². The van der Waals surface area contributed by atoms with Gasteiger partial charge >= 0.3 is 5.97 Å². The minimum absolute atomic E-state index is 0.121. The molecular formula is C15H11Cl2NO4. The largest absolute Gasteiger partial charge is 0.481 e. The highest BCUT2D eigenvalue weighted by Crippen LogP contribution is 2.27. The first kappa shape index (κ1) is 16.1. The van der Waals surface area contributed by atoms with E-state index in [0.29, 0.717) is 15.7 Å². The number of carbonyl (C=O) groups excluding carboxylic acids is 1. The molecule has 0 aromatic heterocycles. The van der Waals surface area contributed by atoms with Crippen LogP contribution in [0.3, 0.4) is 0 Å². The Labute approximate surface area is 136 Å². The number of aliphatic carboxylic acids is 1. The van der Waals surface area contributed by atoms with E-state index in [1.807, 2.05) is 0 Å². The number of carboxylic acid groups (broad SMARTS) is 1. The zero-order valence-electron chi connectivity index (χ0n) is 11.2. The van der Waals surface area contributed by atoms with Crippen LogP contribution >= 0.6 is 23.2 Å². The minimum Gasteiger partial charge on any atom is -0.481 e. The summed E-state index contributed by atoms with van der Waals surface area (Å²) in [6.07, 6.45) is 0. The molecule has 0 aliphatic carbocycles. The van der Waals surface area contributed by atoms with Gasteiger partial charge in [-0.2, -0.15) is 0 Å². The average molecular weight is 340 g/mol. The van der Waals surface area contributed by atoms with E-state index in [9.17, 15) is 9.59 Å². The Hall–Kier alpha value is -2.24. The van der Waals surface area contributed by atoms with Crippen LogP contribution in [0.15, 0.2) is 36.4 Å². The highest BCUT2D eigenvalue weighted by atomic mass is 35.5. The predicted molar refractivity (Wildman–Crippen MR) is 83.9 cm³/mol.